The van der Waals surface area contributed by atoms with Crippen molar-refractivity contribution < 1.29 is 9.59 Å². The first-order valence-corrected chi connectivity index (χ1v) is 9.77. The average Bonchev–Trinajstić information content (AvgIpc) is 2.96. The van der Waals surface area contributed by atoms with E-state index in [0.29, 0.717) is 30.7 Å². The van der Waals surface area contributed by atoms with Crippen molar-refractivity contribution in [3.05, 3.63) is 17.5 Å². The van der Waals surface area contributed by atoms with Gasteiger partial charge < -0.3 is 16.0 Å². The van der Waals surface area contributed by atoms with E-state index in [2.05, 4.69) is 10.3 Å². The standard InChI is InChI=1S/C19H27N5O2/c20-17(25)6-3-7-18(26)24-10-13-8-16(14(13)11-24)23-19-21-9-12-4-1-2-5-15(12)22-19/h9,13-14,16H,1-8,10-11H2,(H2,20,25)(H,21,22,23). The molecular weight excluding hydrogens is 330 g/mol. The Kier molecular flexibility index (Phi) is 4.78. The Morgan fingerprint density at radius 2 is 2.08 bits per heavy atom. The van der Waals surface area contributed by atoms with Gasteiger partial charge in [0.25, 0.3) is 0 Å². The summed E-state index contributed by atoms with van der Waals surface area (Å²) in [5.74, 6) is 1.60. The molecule has 140 valence electrons. The van der Waals surface area contributed by atoms with Crippen LogP contribution in [0.15, 0.2) is 6.20 Å². The highest BCUT2D eigenvalue weighted by Gasteiger charge is 2.48. The molecule has 3 atom stereocenters. The largest absolute Gasteiger partial charge is 0.370 e. The number of carbonyl (C=O) groups excluding carboxylic acids is 2. The van der Waals surface area contributed by atoms with Gasteiger partial charge in [-0.25, -0.2) is 9.97 Å². The van der Waals surface area contributed by atoms with Crippen LogP contribution in [0.2, 0.25) is 0 Å². The third-order valence-electron chi connectivity index (χ3n) is 6.11. The van der Waals surface area contributed by atoms with E-state index in [0.717, 1.165) is 38.3 Å². The lowest BCUT2D eigenvalue weighted by Crippen LogP contribution is -2.46. The van der Waals surface area contributed by atoms with Gasteiger partial charge in [-0.2, -0.15) is 0 Å². The van der Waals surface area contributed by atoms with Crippen molar-refractivity contribution >= 4 is 17.8 Å². The highest BCUT2D eigenvalue weighted by molar-refractivity contribution is 5.78. The van der Waals surface area contributed by atoms with E-state index in [-0.39, 0.29) is 18.2 Å². The molecule has 2 fully saturated rings. The Morgan fingerprint density at radius 1 is 1.23 bits per heavy atom. The molecule has 0 spiro atoms. The third kappa shape index (κ3) is 3.52. The SMILES string of the molecule is NC(=O)CCCC(=O)N1CC2CC(Nc3ncc4c(n3)CCCC4)C2C1. The maximum Gasteiger partial charge on any atom is 0.223 e. The first-order chi connectivity index (χ1) is 12.6. The number of carbonyl (C=O) groups is 2. The lowest BCUT2D eigenvalue weighted by Gasteiger charge is -2.39. The molecule has 3 unspecified atom stereocenters. The number of likely N-dealkylation sites (tertiary alicyclic amines) is 1. The summed E-state index contributed by atoms with van der Waals surface area (Å²) < 4.78 is 0. The molecule has 1 saturated heterocycles. The molecule has 3 aliphatic rings. The van der Waals surface area contributed by atoms with Crippen LogP contribution in [-0.4, -0.2) is 45.8 Å². The van der Waals surface area contributed by atoms with Crippen LogP contribution >= 0.6 is 0 Å². The number of aromatic nitrogens is 2. The Hall–Kier alpha value is -2.18. The second-order valence-electron chi connectivity index (χ2n) is 7.90. The summed E-state index contributed by atoms with van der Waals surface area (Å²) >= 11 is 0. The second kappa shape index (κ2) is 7.21. The lowest BCUT2D eigenvalue weighted by atomic mass is 9.71. The molecule has 1 aliphatic heterocycles. The Morgan fingerprint density at radius 3 is 2.92 bits per heavy atom. The number of rotatable bonds is 6. The maximum absolute atomic E-state index is 12.3. The van der Waals surface area contributed by atoms with Crippen LogP contribution in [0.4, 0.5) is 5.95 Å². The van der Waals surface area contributed by atoms with Gasteiger partial charge in [0.1, 0.15) is 0 Å². The van der Waals surface area contributed by atoms with Gasteiger partial charge in [0.05, 0.1) is 0 Å². The monoisotopic (exact) mass is 357 g/mol. The van der Waals surface area contributed by atoms with Crippen molar-refractivity contribution in [3.63, 3.8) is 0 Å². The summed E-state index contributed by atoms with van der Waals surface area (Å²) in [5.41, 5.74) is 7.63. The summed E-state index contributed by atoms with van der Waals surface area (Å²) in [5, 5.41) is 3.50. The Bertz CT molecular complexity index is 707. The number of nitrogens with one attached hydrogen (secondary N) is 1. The number of hydrogen-bond acceptors (Lipinski definition) is 5. The number of hydrogen-bond donors (Lipinski definition) is 2. The van der Waals surface area contributed by atoms with Crippen LogP contribution in [0.25, 0.3) is 0 Å². The number of fused-ring (bicyclic) bond motifs is 2. The van der Waals surface area contributed by atoms with E-state index in [1.807, 2.05) is 11.1 Å². The van der Waals surface area contributed by atoms with E-state index in [1.165, 1.54) is 24.1 Å². The number of primary amides is 1. The molecule has 3 N–H and O–H groups in total. The lowest BCUT2D eigenvalue weighted by molar-refractivity contribution is -0.130. The van der Waals surface area contributed by atoms with Gasteiger partial charge >= 0.3 is 0 Å². The molecule has 26 heavy (non-hydrogen) atoms. The Balaban J connectivity index is 1.29. The first-order valence-electron chi connectivity index (χ1n) is 9.77. The van der Waals surface area contributed by atoms with Gasteiger partial charge in [0.2, 0.25) is 17.8 Å². The van der Waals surface area contributed by atoms with Gasteiger partial charge in [-0.05, 0) is 50.0 Å². The van der Waals surface area contributed by atoms with Gasteiger partial charge in [0.15, 0.2) is 0 Å². The van der Waals surface area contributed by atoms with Crippen molar-refractivity contribution in [2.75, 3.05) is 18.4 Å². The van der Waals surface area contributed by atoms with Crippen LogP contribution in [0.5, 0.6) is 0 Å². The van der Waals surface area contributed by atoms with Crippen molar-refractivity contribution in [1.82, 2.24) is 14.9 Å². The van der Waals surface area contributed by atoms with Crippen LogP contribution in [0, 0.1) is 11.8 Å². The first kappa shape index (κ1) is 17.2. The molecule has 1 aromatic rings. The number of amides is 2. The van der Waals surface area contributed by atoms with E-state index < -0.39 is 0 Å². The second-order valence-corrected chi connectivity index (χ2v) is 7.90. The average molecular weight is 357 g/mol. The number of aryl methyl sites for hydroxylation is 2. The summed E-state index contributed by atoms with van der Waals surface area (Å²) in [6.45, 7) is 1.63. The van der Waals surface area contributed by atoms with Crippen molar-refractivity contribution in [2.24, 2.45) is 17.6 Å². The van der Waals surface area contributed by atoms with E-state index in [1.54, 1.807) is 0 Å². The van der Waals surface area contributed by atoms with Crippen LogP contribution in [0.1, 0.15) is 49.8 Å². The molecule has 7 nitrogen and oxygen atoms in total. The quantitative estimate of drug-likeness (QED) is 0.798. The molecule has 1 aromatic heterocycles. The van der Waals surface area contributed by atoms with Crippen molar-refractivity contribution in [1.29, 1.82) is 0 Å². The minimum absolute atomic E-state index is 0.143. The molecule has 2 aliphatic carbocycles. The summed E-state index contributed by atoms with van der Waals surface area (Å²) in [6.07, 6.45) is 8.88. The van der Waals surface area contributed by atoms with Gasteiger partial charge in [-0.1, -0.05) is 0 Å². The number of nitrogens with zero attached hydrogens (tertiary/aromatic N) is 3. The fraction of sp³-hybridized carbons (Fsp3) is 0.684. The predicted octanol–water partition coefficient (Wildman–Crippen LogP) is 1.27. The molecular formula is C19H27N5O2. The predicted molar refractivity (Wildman–Crippen MR) is 97.3 cm³/mol. The molecule has 0 bridgehead atoms. The summed E-state index contributed by atoms with van der Waals surface area (Å²) in [4.78, 5) is 34.3. The molecule has 7 heteroatoms. The molecule has 4 rings (SSSR count). The number of nitrogens with two attached hydrogens (primary N) is 1. The zero-order chi connectivity index (χ0) is 18.1. The van der Waals surface area contributed by atoms with Gasteiger partial charge in [-0.15, -0.1) is 0 Å². The molecule has 0 aromatic carbocycles. The molecule has 2 amide bonds. The minimum Gasteiger partial charge on any atom is -0.370 e. The zero-order valence-electron chi connectivity index (χ0n) is 15.1. The van der Waals surface area contributed by atoms with Crippen LogP contribution in [-0.2, 0) is 22.4 Å². The highest BCUT2D eigenvalue weighted by atomic mass is 16.2. The van der Waals surface area contributed by atoms with Crippen molar-refractivity contribution in [3.8, 4) is 0 Å². The fourth-order valence-corrected chi connectivity index (χ4v) is 4.56. The number of anilines is 1. The van der Waals surface area contributed by atoms with E-state index in [4.69, 9.17) is 10.7 Å². The van der Waals surface area contributed by atoms with Crippen LogP contribution in [0.3, 0.4) is 0 Å². The van der Waals surface area contributed by atoms with E-state index in [9.17, 15) is 9.59 Å². The molecule has 0 radical (unpaired) electrons. The zero-order valence-corrected chi connectivity index (χ0v) is 15.1. The minimum atomic E-state index is -0.339. The summed E-state index contributed by atoms with van der Waals surface area (Å²) in [6, 6.07) is 0.352. The Labute approximate surface area is 153 Å². The normalized spacial score (nSPS) is 26.6. The molecule has 2 heterocycles. The fourth-order valence-electron chi connectivity index (χ4n) is 4.56. The third-order valence-corrected chi connectivity index (χ3v) is 6.11. The smallest absolute Gasteiger partial charge is 0.223 e. The van der Waals surface area contributed by atoms with E-state index >= 15 is 0 Å². The molecule has 1 saturated carbocycles. The van der Waals surface area contributed by atoms with Gasteiger partial charge in [0, 0.05) is 49.8 Å². The van der Waals surface area contributed by atoms with Crippen molar-refractivity contribution in [2.45, 2.75) is 57.4 Å². The summed E-state index contributed by atoms with van der Waals surface area (Å²) in [7, 11) is 0. The topological polar surface area (TPSA) is 101 Å². The van der Waals surface area contributed by atoms with Crippen LogP contribution < -0.4 is 11.1 Å². The van der Waals surface area contributed by atoms with Gasteiger partial charge in [-0.3, -0.25) is 9.59 Å². The highest BCUT2D eigenvalue weighted by Crippen LogP contribution is 2.42. The maximum atomic E-state index is 12.3.